The fourth-order valence-corrected chi connectivity index (χ4v) is 2.44. The molecule has 3 nitrogen and oxygen atoms in total. The van der Waals surface area contributed by atoms with Crippen LogP contribution in [0.1, 0.15) is 6.42 Å². The van der Waals surface area contributed by atoms with Crippen LogP contribution in [0.2, 0.25) is 0 Å². The Kier molecular flexibility index (Phi) is 3.87. The summed E-state index contributed by atoms with van der Waals surface area (Å²) in [6.07, 6.45) is -4.81. The standard InChI is InChI=1S/C12H12BrF3N2O/c13-8-3-1-2-4-9(8)18-10(19)11(12(14,15)16)5-6-17-7-11/h1-4,17H,5-7H2,(H,18,19). The lowest BCUT2D eigenvalue weighted by Gasteiger charge is -2.29. The molecular weight excluding hydrogens is 325 g/mol. The predicted octanol–water partition coefficient (Wildman–Crippen LogP) is 2.93. The van der Waals surface area contributed by atoms with E-state index in [0.717, 1.165) is 0 Å². The van der Waals surface area contributed by atoms with Gasteiger partial charge in [0.1, 0.15) is 0 Å². The lowest BCUT2D eigenvalue weighted by molar-refractivity contribution is -0.213. The van der Waals surface area contributed by atoms with Crippen LogP contribution in [0.3, 0.4) is 0 Å². The van der Waals surface area contributed by atoms with Crippen molar-refractivity contribution in [3.8, 4) is 0 Å². The molecule has 19 heavy (non-hydrogen) atoms. The SMILES string of the molecule is O=C(Nc1ccccc1Br)C1(C(F)(F)F)CCNC1. The van der Waals surface area contributed by atoms with E-state index in [-0.39, 0.29) is 19.5 Å². The van der Waals surface area contributed by atoms with Crippen molar-refractivity contribution in [1.82, 2.24) is 5.32 Å². The highest BCUT2D eigenvalue weighted by atomic mass is 79.9. The molecular formula is C12H12BrF3N2O. The highest BCUT2D eigenvalue weighted by Gasteiger charge is 2.61. The number of nitrogens with one attached hydrogen (secondary N) is 2. The Balaban J connectivity index is 2.25. The first-order valence-corrected chi connectivity index (χ1v) is 6.49. The zero-order chi connectivity index (χ0) is 14.1. The maximum Gasteiger partial charge on any atom is 0.404 e. The summed E-state index contributed by atoms with van der Waals surface area (Å²) in [5, 5.41) is 4.96. The first-order valence-electron chi connectivity index (χ1n) is 5.70. The third-order valence-corrected chi connectivity index (χ3v) is 3.95. The summed E-state index contributed by atoms with van der Waals surface area (Å²) in [7, 11) is 0. The Morgan fingerprint density at radius 3 is 2.58 bits per heavy atom. The third-order valence-electron chi connectivity index (χ3n) is 3.25. The minimum atomic E-state index is -4.57. The van der Waals surface area contributed by atoms with E-state index in [9.17, 15) is 18.0 Å². The molecule has 1 heterocycles. The number of halogens is 4. The number of hydrogen-bond donors (Lipinski definition) is 2. The molecule has 1 amide bonds. The van der Waals surface area contributed by atoms with Gasteiger partial charge in [0.25, 0.3) is 0 Å². The van der Waals surface area contributed by atoms with Crippen LogP contribution < -0.4 is 10.6 Å². The van der Waals surface area contributed by atoms with Crippen molar-refractivity contribution >= 4 is 27.5 Å². The topological polar surface area (TPSA) is 41.1 Å². The van der Waals surface area contributed by atoms with E-state index in [1.165, 1.54) is 0 Å². The van der Waals surface area contributed by atoms with E-state index in [1.54, 1.807) is 24.3 Å². The molecule has 1 aromatic rings. The van der Waals surface area contributed by atoms with Crippen LogP contribution in [0.4, 0.5) is 18.9 Å². The van der Waals surface area contributed by atoms with Gasteiger partial charge in [-0.15, -0.1) is 0 Å². The van der Waals surface area contributed by atoms with Crippen molar-refractivity contribution in [2.45, 2.75) is 12.6 Å². The number of carbonyl (C=O) groups is 1. The van der Waals surface area contributed by atoms with Crippen LogP contribution in [0.5, 0.6) is 0 Å². The summed E-state index contributed by atoms with van der Waals surface area (Å²) < 4.78 is 40.0. The Morgan fingerprint density at radius 1 is 1.37 bits per heavy atom. The molecule has 1 unspecified atom stereocenters. The molecule has 2 rings (SSSR count). The first-order chi connectivity index (χ1) is 8.87. The van der Waals surface area contributed by atoms with Gasteiger partial charge < -0.3 is 10.6 Å². The second-order valence-electron chi connectivity index (χ2n) is 4.44. The lowest BCUT2D eigenvalue weighted by atomic mass is 9.85. The van der Waals surface area contributed by atoms with Crippen molar-refractivity contribution in [3.05, 3.63) is 28.7 Å². The van der Waals surface area contributed by atoms with Gasteiger partial charge in [-0.3, -0.25) is 4.79 Å². The van der Waals surface area contributed by atoms with E-state index in [4.69, 9.17) is 0 Å². The summed E-state index contributed by atoms with van der Waals surface area (Å²) >= 11 is 3.19. The number of para-hydroxylation sites is 1. The molecule has 0 bridgehead atoms. The van der Waals surface area contributed by atoms with Crippen molar-refractivity contribution < 1.29 is 18.0 Å². The van der Waals surface area contributed by atoms with Gasteiger partial charge >= 0.3 is 6.18 Å². The van der Waals surface area contributed by atoms with Gasteiger partial charge in [0, 0.05) is 11.0 Å². The predicted molar refractivity (Wildman–Crippen MR) is 68.7 cm³/mol. The number of benzene rings is 1. The van der Waals surface area contributed by atoms with Gasteiger partial charge in [-0.25, -0.2) is 0 Å². The largest absolute Gasteiger partial charge is 0.404 e. The molecule has 1 aromatic carbocycles. The summed E-state index contributed by atoms with van der Waals surface area (Å²) in [4.78, 5) is 12.0. The molecule has 1 atom stereocenters. The third kappa shape index (κ3) is 2.62. The molecule has 1 saturated heterocycles. The van der Waals surface area contributed by atoms with Crippen molar-refractivity contribution in [3.63, 3.8) is 0 Å². The Hall–Kier alpha value is -1.08. The average Bonchev–Trinajstić information content (AvgIpc) is 2.82. The zero-order valence-electron chi connectivity index (χ0n) is 9.85. The van der Waals surface area contributed by atoms with Crippen molar-refractivity contribution in [1.29, 1.82) is 0 Å². The summed E-state index contributed by atoms with van der Waals surface area (Å²) in [6, 6.07) is 6.57. The van der Waals surface area contributed by atoms with E-state index in [1.807, 2.05) is 0 Å². The Labute approximate surface area is 116 Å². The minimum absolute atomic E-state index is 0.183. The molecule has 1 aliphatic rings. The maximum atomic E-state index is 13.2. The van der Waals surface area contributed by atoms with Gasteiger partial charge in [-0.2, -0.15) is 13.2 Å². The number of hydrogen-bond acceptors (Lipinski definition) is 2. The maximum absolute atomic E-state index is 13.2. The van der Waals surface area contributed by atoms with Gasteiger partial charge in [0.05, 0.1) is 5.69 Å². The lowest BCUT2D eigenvalue weighted by Crippen LogP contribution is -2.49. The van der Waals surface area contributed by atoms with Gasteiger partial charge in [-0.05, 0) is 41.0 Å². The van der Waals surface area contributed by atoms with Gasteiger partial charge in [0.2, 0.25) is 5.91 Å². The Morgan fingerprint density at radius 2 is 2.05 bits per heavy atom. The average molecular weight is 337 g/mol. The van der Waals surface area contributed by atoms with E-state index in [2.05, 4.69) is 26.6 Å². The molecule has 0 radical (unpaired) electrons. The van der Waals surface area contributed by atoms with Crippen LogP contribution in [-0.4, -0.2) is 25.2 Å². The van der Waals surface area contributed by atoms with Crippen LogP contribution in [0, 0.1) is 5.41 Å². The van der Waals surface area contributed by atoms with Crippen molar-refractivity contribution in [2.24, 2.45) is 5.41 Å². The highest BCUT2D eigenvalue weighted by Crippen LogP contribution is 2.44. The van der Waals surface area contributed by atoms with Crippen LogP contribution >= 0.6 is 15.9 Å². The van der Waals surface area contributed by atoms with Gasteiger partial charge in [-0.1, -0.05) is 12.1 Å². The minimum Gasteiger partial charge on any atom is -0.324 e. The molecule has 2 N–H and O–H groups in total. The zero-order valence-corrected chi connectivity index (χ0v) is 11.4. The molecule has 0 saturated carbocycles. The summed E-state index contributed by atoms with van der Waals surface area (Å²) in [5.41, 5.74) is -2.01. The second kappa shape index (κ2) is 5.13. The monoisotopic (exact) mass is 336 g/mol. The molecule has 0 spiro atoms. The first kappa shape index (κ1) is 14.3. The number of anilines is 1. The van der Waals surface area contributed by atoms with E-state index < -0.39 is 17.5 Å². The fourth-order valence-electron chi connectivity index (χ4n) is 2.06. The number of alkyl halides is 3. The van der Waals surface area contributed by atoms with Crippen molar-refractivity contribution in [2.75, 3.05) is 18.4 Å². The molecule has 104 valence electrons. The summed E-state index contributed by atoms with van der Waals surface area (Å²) in [5.74, 6) is -1.02. The molecule has 1 aliphatic heterocycles. The quantitative estimate of drug-likeness (QED) is 0.871. The highest BCUT2D eigenvalue weighted by molar-refractivity contribution is 9.10. The van der Waals surface area contributed by atoms with E-state index >= 15 is 0 Å². The fraction of sp³-hybridized carbons (Fsp3) is 0.417. The van der Waals surface area contributed by atoms with E-state index in [0.29, 0.717) is 10.2 Å². The molecule has 7 heteroatoms. The van der Waals surface area contributed by atoms with Gasteiger partial charge in [0.15, 0.2) is 5.41 Å². The number of carbonyl (C=O) groups excluding carboxylic acids is 1. The molecule has 0 aliphatic carbocycles. The smallest absolute Gasteiger partial charge is 0.324 e. The van der Waals surface area contributed by atoms with Crippen LogP contribution in [0.25, 0.3) is 0 Å². The van der Waals surface area contributed by atoms with Crippen LogP contribution in [0.15, 0.2) is 28.7 Å². The summed E-state index contributed by atoms with van der Waals surface area (Å²) in [6.45, 7) is -0.199. The molecule has 0 aromatic heterocycles. The molecule has 1 fully saturated rings. The Bertz CT molecular complexity index is 484. The van der Waals surface area contributed by atoms with Crippen LogP contribution in [-0.2, 0) is 4.79 Å². The number of rotatable bonds is 2. The number of amides is 1. The second-order valence-corrected chi connectivity index (χ2v) is 5.29. The normalized spacial score (nSPS) is 23.4.